The van der Waals surface area contributed by atoms with Crippen LogP contribution in [0.25, 0.3) is 98.5 Å². The number of fused-ring (bicyclic) bond motifs is 6. The summed E-state index contributed by atoms with van der Waals surface area (Å²) in [5.41, 5.74) is 15.5. The standard InChI is InChI=1S/C66H39BN4/c1-5-15-40(16-6-1)53-39-54(69-66(68-53)45-17-7-2-8-18-45)48-37-57-65-58(38-48)71(50-25-11-4-12-26-50)56-36-47-30-28-42-20-14-22-44-32-34-52(62(47)60(42)44)64(56)67(65)63-51-33-31-43-21-13-19-41-27-29-46(61(51)59(41)43)35-55(63)70(57)49-23-9-3-10-24-49/h1-39H. The van der Waals surface area contributed by atoms with Gasteiger partial charge in [-0.05, 0) is 136 Å². The summed E-state index contributed by atoms with van der Waals surface area (Å²) < 4.78 is 0. The Kier molecular flexibility index (Phi) is 7.94. The second kappa shape index (κ2) is 14.6. The van der Waals surface area contributed by atoms with E-state index in [1.165, 1.54) is 92.4 Å². The van der Waals surface area contributed by atoms with Crippen LogP contribution in [0, 0.1) is 0 Å². The van der Waals surface area contributed by atoms with Crippen molar-refractivity contribution in [3.63, 3.8) is 0 Å². The summed E-state index contributed by atoms with van der Waals surface area (Å²) in [4.78, 5) is 15.8. The molecule has 71 heavy (non-hydrogen) atoms. The Morgan fingerprint density at radius 2 is 0.676 bits per heavy atom. The molecule has 0 aliphatic carbocycles. The molecule has 4 nitrogen and oxygen atoms in total. The van der Waals surface area contributed by atoms with E-state index in [0.717, 1.165) is 50.8 Å². The van der Waals surface area contributed by atoms with Gasteiger partial charge in [-0.25, -0.2) is 9.97 Å². The van der Waals surface area contributed by atoms with Crippen LogP contribution in [0.5, 0.6) is 0 Å². The molecule has 0 fully saturated rings. The molecular formula is C66H39BN4. The maximum absolute atomic E-state index is 5.49. The van der Waals surface area contributed by atoms with Crippen molar-refractivity contribution in [1.82, 2.24) is 9.97 Å². The minimum absolute atomic E-state index is 0.140. The number of hydrogen-bond acceptors (Lipinski definition) is 4. The van der Waals surface area contributed by atoms with Crippen LogP contribution in [-0.2, 0) is 0 Å². The topological polar surface area (TPSA) is 32.3 Å². The fourth-order valence-corrected chi connectivity index (χ4v) is 12.5. The molecule has 0 amide bonds. The molecule has 326 valence electrons. The van der Waals surface area contributed by atoms with Gasteiger partial charge in [0.05, 0.1) is 11.4 Å². The SMILES string of the molecule is c1ccc(-c2cc(-c3cc4c5c(c3)N(c3ccccc3)c3cc6ccc7cccc8ccc(c3B5c3c(cc5ccc9cccc%10ccc3c5c9%10)N4c3ccccc3)c6c78)nc(-c3ccccc3)n2)cc1. The van der Waals surface area contributed by atoms with Crippen LogP contribution in [0.15, 0.2) is 237 Å². The van der Waals surface area contributed by atoms with Crippen molar-refractivity contribution in [1.29, 1.82) is 0 Å². The number of benzene rings is 13. The number of para-hydroxylation sites is 2. The van der Waals surface area contributed by atoms with E-state index in [4.69, 9.17) is 9.97 Å². The van der Waals surface area contributed by atoms with Crippen LogP contribution in [0.1, 0.15) is 0 Å². The lowest BCUT2D eigenvalue weighted by atomic mass is 9.32. The summed E-state index contributed by atoms with van der Waals surface area (Å²) in [7, 11) is 0. The average molecular weight is 899 g/mol. The predicted octanol–water partition coefficient (Wildman–Crippen LogP) is 15.4. The van der Waals surface area contributed by atoms with Gasteiger partial charge in [-0.3, -0.25) is 0 Å². The van der Waals surface area contributed by atoms with E-state index in [1.54, 1.807) is 0 Å². The molecule has 5 heteroatoms. The smallest absolute Gasteiger partial charge is 0.253 e. The van der Waals surface area contributed by atoms with Crippen LogP contribution in [0.4, 0.5) is 34.1 Å². The summed E-state index contributed by atoms with van der Waals surface area (Å²) in [6.45, 7) is -0.140. The largest absolute Gasteiger partial charge is 0.311 e. The van der Waals surface area contributed by atoms with E-state index in [2.05, 4.69) is 240 Å². The molecule has 16 rings (SSSR count). The third kappa shape index (κ3) is 5.51. The third-order valence-electron chi connectivity index (χ3n) is 15.5. The fraction of sp³-hybridized carbons (Fsp3) is 0. The molecule has 0 saturated heterocycles. The first-order chi connectivity index (χ1) is 35.2. The first-order valence-corrected chi connectivity index (χ1v) is 24.5. The van der Waals surface area contributed by atoms with Crippen molar-refractivity contribution >= 4 is 122 Å². The van der Waals surface area contributed by atoms with Gasteiger partial charge < -0.3 is 9.80 Å². The van der Waals surface area contributed by atoms with Gasteiger partial charge in [0.1, 0.15) is 0 Å². The number of anilines is 6. The van der Waals surface area contributed by atoms with Gasteiger partial charge in [-0.1, -0.05) is 182 Å². The molecule has 0 spiro atoms. The van der Waals surface area contributed by atoms with Gasteiger partial charge in [-0.15, -0.1) is 0 Å². The van der Waals surface area contributed by atoms with E-state index in [9.17, 15) is 0 Å². The highest BCUT2D eigenvalue weighted by molar-refractivity contribution is 7.03. The summed E-state index contributed by atoms with van der Waals surface area (Å²) >= 11 is 0. The predicted molar refractivity (Wildman–Crippen MR) is 300 cm³/mol. The first-order valence-electron chi connectivity index (χ1n) is 24.5. The van der Waals surface area contributed by atoms with E-state index in [0.29, 0.717) is 5.82 Å². The molecule has 0 atom stereocenters. The zero-order valence-electron chi connectivity index (χ0n) is 38.4. The molecule has 14 aromatic rings. The highest BCUT2D eigenvalue weighted by Gasteiger charge is 2.46. The van der Waals surface area contributed by atoms with Crippen molar-refractivity contribution in [3.05, 3.63) is 237 Å². The molecule has 1 aromatic heterocycles. The lowest BCUT2D eigenvalue weighted by molar-refractivity contribution is 1.18. The molecule has 3 heterocycles. The monoisotopic (exact) mass is 898 g/mol. The maximum atomic E-state index is 5.49. The minimum Gasteiger partial charge on any atom is -0.311 e. The Bertz CT molecular complexity index is 4150. The van der Waals surface area contributed by atoms with Gasteiger partial charge >= 0.3 is 0 Å². The number of nitrogens with zero attached hydrogens (tertiary/aromatic N) is 4. The number of rotatable bonds is 5. The lowest BCUT2D eigenvalue weighted by Crippen LogP contribution is -2.61. The van der Waals surface area contributed by atoms with Gasteiger partial charge in [0.25, 0.3) is 6.71 Å². The van der Waals surface area contributed by atoms with E-state index in [1.807, 2.05) is 6.07 Å². The van der Waals surface area contributed by atoms with E-state index >= 15 is 0 Å². The Morgan fingerprint density at radius 1 is 0.282 bits per heavy atom. The molecule has 0 unspecified atom stereocenters. The van der Waals surface area contributed by atoms with Crippen molar-refractivity contribution in [2.75, 3.05) is 9.80 Å². The Hall–Kier alpha value is -9.32. The van der Waals surface area contributed by atoms with Crippen LogP contribution in [0.2, 0.25) is 0 Å². The van der Waals surface area contributed by atoms with Gasteiger partial charge in [-0.2, -0.15) is 0 Å². The zero-order valence-corrected chi connectivity index (χ0v) is 38.4. The van der Waals surface area contributed by atoms with Crippen molar-refractivity contribution < 1.29 is 0 Å². The second-order valence-electron chi connectivity index (χ2n) is 19.2. The molecule has 0 saturated carbocycles. The van der Waals surface area contributed by atoms with Gasteiger partial charge in [0, 0.05) is 50.8 Å². The summed E-state index contributed by atoms with van der Waals surface area (Å²) in [5, 5.41) is 15.4. The molecule has 2 aliphatic heterocycles. The van der Waals surface area contributed by atoms with Gasteiger partial charge in [0.2, 0.25) is 0 Å². The summed E-state index contributed by atoms with van der Waals surface area (Å²) in [5.74, 6) is 0.689. The fourth-order valence-electron chi connectivity index (χ4n) is 12.5. The highest BCUT2D eigenvalue weighted by atomic mass is 15.2. The molecular weight excluding hydrogens is 860 g/mol. The molecule has 0 N–H and O–H groups in total. The Labute approximate surface area is 410 Å². The van der Waals surface area contributed by atoms with Crippen molar-refractivity contribution in [2.45, 2.75) is 0 Å². The normalized spacial score (nSPS) is 13.0. The van der Waals surface area contributed by atoms with Crippen LogP contribution in [-0.4, -0.2) is 16.7 Å². The summed E-state index contributed by atoms with van der Waals surface area (Å²) in [6, 6.07) is 87.1. The third-order valence-corrected chi connectivity index (χ3v) is 15.5. The Balaban J connectivity index is 1.09. The second-order valence-corrected chi connectivity index (χ2v) is 19.2. The number of hydrogen-bond donors (Lipinski definition) is 0. The number of aromatic nitrogens is 2. The van der Waals surface area contributed by atoms with Gasteiger partial charge in [0.15, 0.2) is 5.82 Å². The average Bonchev–Trinajstić information content (AvgIpc) is 3.44. The molecule has 0 radical (unpaired) electrons. The van der Waals surface area contributed by atoms with Crippen LogP contribution >= 0.6 is 0 Å². The minimum atomic E-state index is -0.140. The summed E-state index contributed by atoms with van der Waals surface area (Å²) in [6.07, 6.45) is 0. The maximum Gasteiger partial charge on any atom is 0.253 e. The van der Waals surface area contributed by atoms with Crippen LogP contribution < -0.4 is 26.2 Å². The Morgan fingerprint density at radius 3 is 1.15 bits per heavy atom. The zero-order chi connectivity index (χ0) is 46.3. The quantitative estimate of drug-likeness (QED) is 0.127. The van der Waals surface area contributed by atoms with Crippen LogP contribution in [0.3, 0.4) is 0 Å². The van der Waals surface area contributed by atoms with E-state index in [-0.39, 0.29) is 6.71 Å². The molecule has 0 bridgehead atoms. The van der Waals surface area contributed by atoms with Crippen molar-refractivity contribution in [3.8, 4) is 33.9 Å². The lowest BCUT2D eigenvalue weighted by Gasteiger charge is -2.45. The van der Waals surface area contributed by atoms with E-state index < -0.39 is 0 Å². The highest BCUT2D eigenvalue weighted by Crippen LogP contribution is 2.50. The molecule has 13 aromatic carbocycles. The van der Waals surface area contributed by atoms with Crippen molar-refractivity contribution in [2.24, 2.45) is 0 Å². The molecule has 2 aliphatic rings. The first kappa shape index (κ1) is 38.6.